The number of fused-ring (bicyclic) bond motifs is 1. The zero-order valence-corrected chi connectivity index (χ0v) is 19.2. The lowest BCUT2D eigenvalue weighted by atomic mass is 10.1. The molecule has 0 spiro atoms. The van der Waals surface area contributed by atoms with Crippen molar-refractivity contribution in [1.29, 1.82) is 0 Å². The minimum Gasteiger partial charge on any atom is -0.493 e. The number of hydrogen-bond acceptors (Lipinski definition) is 7. The molecule has 11 heteroatoms. The van der Waals surface area contributed by atoms with Crippen molar-refractivity contribution in [3.05, 3.63) is 70.7 Å². The van der Waals surface area contributed by atoms with E-state index < -0.39 is 24.3 Å². The molecular weight excluding hydrogens is 478 g/mol. The monoisotopic (exact) mass is 497 g/mol. The third-order valence-electron chi connectivity index (χ3n) is 4.90. The number of benzene rings is 3. The maximum atomic E-state index is 13.0. The number of hydrogen-bond donors (Lipinski definition) is 3. The quantitative estimate of drug-likeness (QED) is 0.433. The van der Waals surface area contributed by atoms with Crippen LogP contribution in [0.2, 0.25) is 5.02 Å². The number of rotatable bonds is 8. The van der Waals surface area contributed by atoms with Gasteiger partial charge in [0.15, 0.2) is 29.6 Å². The fourth-order valence-electron chi connectivity index (χ4n) is 3.29. The zero-order valence-electron chi connectivity index (χ0n) is 18.4. The second-order valence-corrected chi connectivity index (χ2v) is 7.67. The van der Waals surface area contributed by atoms with Crippen LogP contribution < -0.4 is 35.3 Å². The minimum atomic E-state index is -0.694. The number of methoxy groups -OCH3 is 1. The molecule has 3 amide bonds. The van der Waals surface area contributed by atoms with Gasteiger partial charge in [-0.05, 0) is 36.4 Å². The first-order valence-electron chi connectivity index (χ1n) is 10.3. The summed E-state index contributed by atoms with van der Waals surface area (Å²) in [4.78, 5) is 36.9. The maximum Gasteiger partial charge on any atom is 0.257 e. The van der Waals surface area contributed by atoms with Gasteiger partial charge < -0.3 is 35.3 Å². The Morgan fingerprint density at radius 1 is 1.00 bits per heavy atom. The molecule has 0 aliphatic carbocycles. The molecule has 3 aromatic rings. The fraction of sp³-hybridized carbons (Fsp3) is 0.125. The van der Waals surface area contributed by atoms with Gasteiger partial charge in [-0.1, -0.05) is 23.7 Å². The van der Waals surface area contributed by atoms with Crippen LogP contribution >= 0.6 is 11.6 Å². The van der Waals surface area contributed by atoms with Crippen molar-refractivity contribution in [2.45, 2.75) is 0 Å². The predicted molar refractivity (Wildman–Crippen MR) is 128 cm³/mol. The number of carbonyl (C=O) groups excluding carboxylic acids is 3. The van der Waals surface area contributed by atoms with Gasteiger partial charge in [0, 0.05) is 17.3 Å². The zero-order chi connectivity index (χ0) is 24.9. The van der Waals surface area contributed by atoms with Gasteiger partial charge >= 0.3 is 0 Å². The molecule has 180 valence electrons. The minimum absolute atomic E-state index is 0.0459. The van der Waals surface area contributed by atoms with Gasteiger partial charge in [0.2, 0.25) is 6.79 Å². The molecule has 1 heterocycles. The normalized spacial score (nSPS) is 11.5. The SMILES string of the molecule is COc1cc(C(=O)Nc2ccccc2C(=O)Nc2ccc3c(c2)OCO3)cc(Cl)c1OCC(N)=O. The molecule has 0 aromatic heterocycles. The molecule has 0 unspecified atom stereocenters. The van der Waals surface area contributed by atoms with Crippen LogP contribution in [-0.2, 0) is 4.79 Å². The molecule has 35 heavy (non-hydrogen) atoms. The van der Waals surface area contributed by atoms with E-state index in [4.69, 9.17) is 36.3 Å². The molecule has 0 atom stereocenters. The number of anilines is 2. The smallest absolute Gasteiger partial charge is 0.257 e. The van der Waals surface area contributed by atoms with E-state index in [1.54, 1.807) is 42.5 Å². The lowest BCUT2D eigenvalue weighted by Crippen LogP contribution is -2.20. The van der Waals surface area contributed by atoms with E-state index in [1.807, 2.05) is 0 Å². The highest BCUT2D eigenvalue weighted by Crippen LogP contribution is 2.37. The number of nitrogens with one attached hydrogen (secondary N) is 2. The van der Waals surface area contributed by atoms with Crippen LogP contribution in [0.5, 0.6) is 23.0 Å². The summed E-state index contributed by atoms with van der Waals surface area (Å²) in [5.41, 5.74) is 6.26. The van der Waals surface area contributed by atoms with Crippen LogP contribution in [0.1, 0.15) is 20.7 Å². The largest absolute Gasteiger partial charge is 0.493 e. The van der Waals surface area contributed by atoms with Crippen molar-refractivity contribution >= 4 is 40.7 Å². The van der Waals surface area contributed by atoms with Crippen LogP contribution in [0.3, 0.4) is 0 Å². The number of ether oxygens (including phenoxy) is 4. The Kier molecular flexibility index (Phi) is 6.93. The van der Waals surface area contributed by atoms with Crippen molar-refractivity contribution < 1.29 is 33.3 Å². The van der Waals surface area contributed by atoms with Gasteiger partial charge in [-0.15, -0.1) is 0 Å². The average molecular weight is 498 g/mol. The van der Waals surface area contributed by atoms with Crippen LogP contribution in [0.15, 0.2) is 54.6 Å². The number of halogens is 1. The fourth-order valence-corrected chi connectivity index (χ4v) is 3.56. The van der Waals surface area contributed by atoms with Gasteiger partial charge in [0.25, 0.3) is 17.7 Å². The van der Waals surface area contributed by atoms with Crippen LogP contribution in [0.4, 0.5) is 11.4 Å². The molecule has 0 saturated heterocycles. The number of nitrogens with two attached hydrogens (primary N) is 1. The molecule has 0 radical (unpaired) electrons. The van der Waals surface area contributed by atoms with E-state index >= 15 is 0 Å². The van der Waals surface area contributed by atoms with Crippen molar-refractivity contribution in [2.75, 3.05) is 31.1 Å². The summed E-state index contributed by atoms with van der Waals surface area (Å²) in [5, 5.41) is 5.53. The van der Waals surface area contributed by atoms with Crippen molar-refractivity contribution in [3.63, 3.8) is 0 Å². The molecule has 0 bridgehead atoms. The Bertz CT molecular complexity index is 1310. The summed E-state index contributed by atoms with van der Waals surface area (Å²) < 4.78 is 21.1. The molecule has 10 nitrogen and oxygen atoms in total. The highest BCUT2D eigenvalue weighted by atomic mass is 35.5. The third-order valence-corrected chi connectivity index (χ3v) is 5.18. The van der Waals surface area contributed by atoms with Gasteiger partial charge in [0.05, 0.1) is 23.4 Å². The highest BCUT2D eigenvalue weighted by molar-refractivity contribution is 6.33. The van der Waals surface area contributed by atoms with Crippen molar-refractivity contribution in [1.82, 2.24) is 0 Å². The summed E-state index contributed by atoms with van der Waals surface area (Å²) in [5.74, 6) is -0.346. The summed E-state index contributed by atoms with van der Waals surface area (Å²) in [7, 11) is 1.36. The van der Waals surface area contributed by atoms with Crippen molar-refractivity contribution in [3.8, 4) is 23.0 Å². The first-order valence-corrected chi connectivity index (χ1v) is 10.6. The summed E-state index contributed by atoms with van der Waals surface area (Å²) in [6, 6.07) is 14.3. The topological polar surface area (TPSA) is 138 Å². The Morgan fingerprint density at radius 2 is 1.77 bits per heavy atom. The number of carbonyl (C=O) groups is 3. The molecule has 1 aliphatic heterocycles. The van der Waals surface area contributed by atoms with E-state index in [0.29, 0.717) is 17.2 Å². The van der Waals surface area contributed by atoms with E-state index in [1.165, 1.54) is 19.2 Å². The van der Waals surface area contributed by atoms with Crippen molar-refractivity contribution in [2.24, 2.45) is 5.73 Å². The Hall–Kier alpha value is -4.44. The molecule has 4 N–H and O–H groups in total. The summed E-state index contributed by atoms with van der Waals surface area (Å²) in [6.07, 6.45) is 0. The van der Waals surface area contributed by atoms with Gasteiger partial charge in [0.1, 0.15) is 0 Å². The van der Waals surface area contributed by atoms with E-state index in [0.717, 1.165) is 0 Å². The predicted octanol–water partition coefficient (Wildman–Crippen LogP) is 3.45. The summed E-state index contributed by atoms with van der Waals surface area (Å²) >= 11 is 6.24. The number of para-hydroxylation sites is 1. The second-order valence-electron chi connectivity index (χ2n) is 7.27. The van der Waals surface area contributed by atoms with Gasteiger partial charge in [-0.2, -0.15) is 0 Å². The van der Waals surface area contributed by atoms with Gasteiger partial charge in [-0.25, -0.2) is 0 Å². The summed E-state index contributed by atoms with van der Waals surface area (Å²) in [6.45, 7) is -0.290. The number of amides is 3. The van der Waals surface area contributed by atoms with Gasteiger partial charge in [-0.3, -0.25) is 14.4 Å². The molecule has 3 aromatic carbocycles. The molecule has 0 saturated carbocycles. The van der Waals surface area contributed by atoms with E-state index in [9.17, 15) is 14.4 Å². The first-order chi connectivity index (χ1) is 16.9. The number of primary amides is 1. The van der Waals surface area contributed by atoms with E-state index in [2.05, 4.69) is 10.6 Å². The second kappa shape index (κ2) is 10.2. The molecule has 1 aliphatic rings. The third kappa shape index (κ3) is 5.39. The van der Waals surface area contributed by atoms with Crippen LogP contribution in [-0.4, -0.2) is 38.2 Å². The maximum absolute atomic E-state index is 13.0. The highest BCUT2D eigenvalue weighted by Gasteiger charge is 2.20. The Morgan fingerprint density at radius 3 is 2.54 bits per heavy atom. The lowest BCUT2D eigenvalue weighted by Gasteiger charge is -2.15. The first kappa shape index (κ1) is 23.7. The molecule has 0 fully saturated rings. The Labute approximate surface area is 204 Å². The lowest BCUT2D eigenvalue weighted by molar-refractivity contribution is -0.119. The van der Waals surface area contributed by atoms with Crippen LogP contribution in [0.25, 0.3) is 0 Å². The van der Waals surface area contributed by atoms with E-state index in [-0.39, 0.29) is 40.1 Å². The molecular formula is C24H20ClN3O7. The van der Waals surface area contributed by atoms with Crippen LogP contribution in [0, 0.1) is 0 Å². The standard InChI is InChI=1S/C24H20ClN3O7/c1-32-20-9-13(8-16(25)22(20)33-11-21(26)29)23(30)28-17-5-3-2-4-15(17)24(31)27-14-6-7-18-19(10-14)35-12-34-18/h2-10H,11-12H2,1H3,(H2,26,29)(H,27,31)(H,28,30). The Balaban J connectivity index is 1.53. The molecule has 4 rings (SSSR count). The average Bonchev–Trinajstić information content (AvgIpc) is 3.31.